The van der Waals surface area contributed by atoms with Crippen LogP contribution < -0.4 is 10.6 Å². The molecular weight excluding hydrogens is 212 g/mol. The van der Waals surface area contributed by atoms with Gasteiger partial charge in [-0.1, -0.05) is 6.42 Å². The molecule has 0 aromatic heterocycles. The molecule has 0 bridgehead atoms. The Bertz CT molecular complexity index is 223. The van der Waals surface area contributed by atoms with Crippen molar-refractivity contribution in [3.63, 3.8) is 0 Å². The van der Waals surface area contributed by atoms with Gasteiger partial charge in [-0.05, 0) is 60.9 Å². The van der Waals surface area contributed by atoms with Gasteiger partial charge in [-0.3, -0.25) is 4.79 Å². The smallest absolute Gasteiger partial charge is 0.220 e. The molecule has 0 atom stereocenters. The Hall–Kier alpha value is -0.570. The van der Waals surface area contributed by atoms with Crippen LogP contribution in [0.15, 0.2) is 0 Å². The van der Waals surface area contributed by atoms with E-state index in [-0.39, 0.29) is 17.0 Å². The number of rotatable bonds is 6. The van der Waals surface area contributed by atoms with Crippen LogP contribution in [0.25, 0.3) is 0 Å². The number of hydrogen-bond donors (Lipinski definition) is 2. The minimum atomic E-state index is -0.106. The van der Waals surface area contributed by atoms with Crippen molar-refractivity contribution in [2.45, 2.75) is 78.3 Å². The van der Waals surface area contributed by atoms with Gasteiger partial charge in [-0.15, -0.1) is 0 Å². The van der Waals surface area contributed by atoms with Crippen molar-refractivity contribution in [1.29, 1.82) is 0 Å². The van der Waals surface area contributed by atoms with Gasteiger partial charge in [0.1, 0.15) is 0 Å². The molecule has 102 valence electrons. The molecule has 0 saturated heterocycles. The average molecular weight is 242 g/mol. The quantitative estimate of drug-likeness (QED) is 0.703. The van der Waals surface area contributed by atoms with Crippen molar-refractivity contribution in [2.75, 3.05) is 6.54 Å². The molecule has 0 aliphatic rings. The number of hydrogen-bond acceptors (Lipinski definition) is 2. The van der Waals surface area contributed by atoms with E-state index in [1.807, 2.05) is 20.8 Å². The normalized spacial score (nSPS) is 12.6. The maximum Gasteiger partial charge on any atom is 0.220 e. The Labute approximate surface area is 107 Å². The molecule has 0 spiro atoms. The van der Waals surface area contributed by atoms with E-state index < -0.39 is 0 Å². The van der Waals surface area contributed by atoms with Crippen LogP contribution in [0.3, 0.4) is 0 Å². The molecule has 17 heavy (non-hydrogen) atoms. The van der Waals surface area contributed by atoms with Gasteiger partial charge in [0.25, 0.3) is 0 Å². The van der Waals surface area contributed by atoms with Crippen molar-refractivity contribution in [2.24, 2.45) is 0 Å². The van der Waals surface area contributed by atoms with Crippen molar-refractivity contribution in [3.8, 4) is 0 Å². The van der Waals surface area contributed by atoms with Crippen LogP contribution in [0.4, 0.5) is 0 Å². The Balaban J connectivity index is 3.44. The molecule has 0 fully saturated rings. The zero-order chi connectivity index (χ0) is 13.5. The first-order valence-electron chi connectivity index (χ1n) is 6.66. The molecule has 0 aliphatic heterocycles. The zero-order valence-corrected chi connectivity index (χ0v) is 12.4. The molecule has 0 aromatic carbocycles. The van der Waals surface area contributed by atoms with Gasteiger partial charge >= 0.3 is 0 Å². The van der Waals surface area contributed by atoms with Crippen LogP contribution >= 0.6 is 0 Å². The Morgan fingerprint density at radius 2 is 1.47 bits per heavy atom. The van der Waals surface area contributed by atoms with Crippen LogP contribution in [0.1, 0.15) is 67.2 Å². The summed E-state index contributed by atoms with van der Waals surface area (Å²) in [5.74, 6) is 0.168. The summed E-state index contributed by atoms with van der Waals surface area (Å²) in [6, 6.07) is 0. The lowest BCUT2D eigenvalue weighted by molar-refractivity contribution is -0.122. The lowest BCUT2D eigenvalue weighted by Gasteiger charge is -2.21. The van der Waals surface area contributed by atoms with E-state index in [0.29, 0.717) is 6.42 Å². The summed E-state index contributed by atoms with van der Waals surface area (Å²) in [5.41, 5.74) is 0.0917. The SMILES string of the molecule is CC(C)(C)NCCCCCC(=O)NC(C)(C)C. The van der Waals surface area contributed by atoms with Gasteiger partial charge in [-0.2, -0.15) is 0 Å². The van der Waals surface area contributed by atoms with Crippen molar-refractivity contribution in [1.82, 2.24) is 10.6 Å². The molecule has 0 saturated carbocycles. The molecular formula is C14H30N2O. The largest absolute Gasteiger partial charge is 0.352 e. The molecule has 0 aromatic rings. The van der Waals surface area contributed by atoms with Gasteiger partial charge in [0.2, 0.25) is 5.91 Å². The van der Waals surface area contributed by atoms with E-state index in [0.717, 1.165) is 25.8 Å². The highest BCUT2D eigenvalue weighted by Crippen LogP contribution is 2.04. The van der Waals surface area contributed by atoms with Crippen LogP contribution in [0.2, 0.25) is 0 Å². The molecule has 0 heterocycles. The van der Waals surface area contributed by atoms with E-state index in [1.165, 1.54) is 0 Å². The van der Waals surface area contributed by atoms with Crippen molar-refractivity contribution in [3.05, 3.63) is 0 Å². The Morgan fingerprint density at radius 3 is 1.94 bits per heavy atom. The predicted octanol–water partition coefficient (Wildman–Crippen LogP) is 2.85. The molecule has 0 unspecified atom stereocenters. The Morgan fingerprint density at radius 1 is 0.882 bits per heavy atom. The predicted molar refractivity (Wildman–Crippen MR) is 74.1 cm³/mol. The first kappa shape index (κ1) is 16.4. The first-order chi connectivity index (χ1) is 7.60. The second-order valence-corrected chi connectivity index (χ2v) is 6.79. The van der Waals surface area contributed by atoms with E-state index >= 15 is 0 Å². The Kier molecular flexibility index (Phi) is 6.76. The van der Waals surface area contributed by atoms with Gasteiger partial charge in [0.15, 0.2) is 0 Å². The van der Waals surface area contributed by atoms with E-state index in [2.05, 4.69) is 31.4 Å². The molecule has 3 nitrogen and oxygen atoms in total. The van der Waals surface area contributed by atoms with Crippen LogP contribution in [0.5, 0.6) is 0 Å². The van der Waals surface area contributed by atoms with Crippen molar-refractivity contribution < 1.29 is 4.79 Å². The number of nitrogens with one attached hydrogen (secondary N) is 2. The van der Waals surface area contributed by atoms with Gasteiger partial charge in [0, 0.05) is 17.5 Å². The second kappa shape index (κ2) is 7.00. The van der Waals surface area contributed by atoms with E-state index in [1.54, 1.807) is 0 Å². The lowest BCUT2D eigenvalue weighted by atomic mass is 10.1. The molecule has 0 radical (unpaired) electrons. The minimum absolute atomic E-state index is 0.106. The number of unbranched alkanes of at least 4 members (excludes halogenated alkanes) is 2. The fourth-order valence-electron chi connectivity index (χ4n) is 1.53. The highest BCUT2D eigenvalue weighted by atomic mass is 16.1. The summed E-state index contributed by atoms with van der Waals surface area (Å²) in [4.78, 5) is 11.5. The summed E-state index contributed by atoms with van der Waals surface area (Å²) >= 11 is 0. The minimum Gasteiger partial charge on any atom is -0.352 e. The first-order valence-corrected chi connectivity index (χ1v) is 6.66. The molecule has 0 rings (SSSR count). The third-order valence-corrected chi connectivity index (χ3v) is 2.25. The van der Waals surface area contributed by atoms with Crippen molar-refractivity contribution >= 4 is 5.91 Å². The van der Waals surface area contributed by atoms with Gasteiger partial charge < -0.3 is 10.6 Å². The maximum absolute atomic E-state index is 11.5. The molecule has 0 aliphatic carbocycles. The van der Waals surface area contributed by atoms with E-state index in [4.69, 9.17) is 0 Å². The topological polar surface area (TPSA) is 41.1 Å². The average Bonchev–Trinajstić information content (AvgIpc) is 2.06. The molecule has 2 N–H and O–H groups in total. The third kappa shape index (κ3) is 13.4. The van der Waals surface area contributed by atoms with E-state index in [9.17, 15) is 4.79 Å². The van der Waals surface area contributed by atoms with Crippen LogP contribution in [-0.2, 0) is 4.79 Å². The number of amides is 1. The second-order valence-electron chi connectivity index (χ2n) is 6.79. The maximum atomic E-state index is 11.5. The molecule has 1 amide bonds. The fraction of sp³-hybridized carbons (Fsp3) is 0.929. The number of carbonyl (C=O) groups excluding carboxylic acids is 1. The molecule has 3 heteroatoms. The third-order valence-electron chi connectivity index (χ3n) is 2.25. The highest BCUT2D eigenvalue weighted by molar-refractivity contribution is 5.76. The summed E-state index contributed by atoms with van der Waals surface area (Å²) in [6.45, 7) is 13.6. The highest BCUT2D eigenvalue weighted by Gasteiger charge is 2.13. The monoisotopic (exact) mass is 242 g/mol. The summed E-state index contributed by atoms with van der Waals surface area (Å²) in [5, 5.41) is 6.43. The van der Waals surface area contributed by atoms with Crippen LogP contribution in [-0.4, -0.2) is 23.5 Å². The lowest BCUT2D eigenvalue weighted by Crippen LogP contribution is -2.40. The number of carbonyl (C=O) groups is 1. The van der Waals surface area contributed by atoms with Gasteiger partial charge in [-0.25, -0.2) is 0 Å². The fourth-order valence-corrected chi connectivity index (χ4v) is 1.53. The summed E-state index contributed by atoms with van der Waals surface area (Å²) in [6.07, 6.45) is 3.88. The van der Waals surface area contributed by atoms with Crippen LogP contribution in [0, 0.1) is 0 Å². The summed E-state index contributed by atoms with van der Waals surface area (Å²) in [7, 11) is 0. The zero-order valence-electron chi connectivity index (χ0n) is 12.4. The standard InChI is InChI=1S/C14H30N2O/c1-13(2,3)15-11-9-7-8-10-12(17)16-14(4,5)6/h15H,7-11H2,1-6H3,(H,16,17). The van der Waals surface area contributed by atoms with Gasteiger partial charge in [0.05, 0.1) is 0 Å². The summed E-state index contributed by atoms with van der Waals surface area (Å²) < 4.78 is 0.